The fourth-order valence-electron chi connectivity index (χ4n) is 3.89. The van der Waals surface area contributed by atoms with Crippen LogP contribution >= 0.6 is 11.3 Å². The average molecular weight is 466 g/mol. The summed E-state index contributed by atoms with van der Waals surface area (Å²) in [5.74, 6) is 1.08. The molecule has 0 spiro atoms. The lowest BCUT2D eigenvalue weighted by Crippen LogP contribution is -2.35. The summed E-state index contributed by atoms with van der Waals surface area (Å²) in [6.45, 7) is 2.66. The molecule has 2 amide bonds. The standard InChI is InChI=1S/C24H27N5O3S/c25-23(30)19-6-4-18(5-7-19)21-2-1-3-22(28-21)29-12-9-17(10-13-29)8-11-26-24(31)32-14-20-15-33-16-27-20/h1-7,15-17H,8-14H2,(H2,25,30)(H,26,31). The van der Waals surface area contributed by atoms with Crippen molar-refractivity contribution < 1.29 is 14.3 Å². The number of hydrogen-bond donors (Lipinski definition) is 2. The molecule has 1 aromatic carbocycles. The lowest BCUT2D eigenvalue weighted by Gasteiger charge is -2.33. The van der Waals surface area contributed by atoms with E-state index in [0.29, 0.717) is 18.0 Å². The number of piperidine rings is 1. The normalized spacial score (nSPS) is 14.1. The molecule has 0 radical (unpaired) electrons. The van der Waals surface area contributed by atoms with Crippen molar-refractivity contribution in [3.63, 3.8) is 0 Å². The summed E-state index contributed by atoms with van der Waals surface area (Å²) in [7, 11) is 0. The molecule has 3 N–H and O–H groups in total. The molecule has 33 heavy (non-hydrogen) atoms. The molecule has 2 aromatic heterocycles. The molecular weight excluding hydrogens is 438 g/mol. The maximum Gasteiger partial charge on any atom is 0.407 e. The Morgan fingerprint density at radius 2 is 1.94 bits per heavy atom. The Labute approximate surface area is 196 Å². The summed E-state index contributed by atoms with van der Waals surface area (Å²) in [5, 5.41) is 4.70. The quantitative estimate of drug-likeness (QED) is 0.523. The number of nitrogens with one attached hydrogen (secondary N) is 1. The van der Waals surface area contributed by atoms with Crippen LogP contribution in [0.5, 0.6) is 0 Å². The molecule has 8 nitrogen and oxygen atoms in total. The van der Waals surface area contributed by atoms with E-state index in [0.717, 1.165) is 55.1 Å². The molecule has 1 aliphatic heterocycles. The van der Waals surface area contributed by atoms with Crippen LogP contribution in [0.15, 0.2) is 53.4 Å². The minimum atomic E-state index is -0.436. The van der Waals surface area contributed by atoms with Gasteiger partial charge in [-0.05, 0) is 49.4 Å². The first-order chi connectivity index (χ1) is 16.1. The highest BCUT2D eigenvalue weighted by Gasteiger charge is 2.20. The molecule has 0 bridgehead atoms. The molecule has 172 valence electrons. The summed E-state index contributed by atoms with van der Waals surface area (Å²) < 4.78 is 5.17. The van der Waals surface area contributed by atoms with Gasteiger partial charge in [0.25, 0.3) is 0 Å². The summed E-state index contributed by atoms with van der Waals surface area (Å²) >= 11 is 1.48. The zero-order chi connectivity index (χ0) is 23.0. The van der Waals surface area contributed by atoms with E-state index in [1.54, 1.807) is 17.6 Å². The monoisotopic (exact) mass is 465 g/mol. The third-order valence-corrected chi connectivity index (χ3v) is 6.43. The molecule has 0 saturated carbocycles. The topological polar surface area (TPSA) is 110 Å². The van der Waals surface area contributed by atoms with Gasteiger partial charge in [0.1, 0.15) is 12.4 Å². The predicted octanol–water partition coefficient (Wildman–Crippen LogP) is 3.84. The van der Waals surface area contributed by atoms with E-state index >= 15 is 0 Å². The second-order valence-electron chi connectivity index (χ2n) is 8.02. The van der Waals surface area contributed by atoms with Crippen LogP contribution in [0.4, 0.5) is 10.6 Å². The highest BCUT2D eigenvalue weighted by Crippen LogP contribution is 2.26. The first-order valence-electron chi connectivity index (χ1n) is 11.0. The van der Waals surface area contributed by atoms with Gasteiger partial charge in [0.2, 0.25) is 5.91 Å². The van der Waals surface area contributed by atoms with Crippen LogP contribution in [-0.2, 0) is 11.3 Å². The van der Waals surface area contributed by atoms with Gasteiger partial charge in [-0.15, -0.1) is 11.3 Å². The van der Waals surface area contributed by atoms with Crippen LogP contribution in [0.1, 0.15) is 35.3 Å². The zero-order valence-electron chi connectivity index (χ0n) is 18.3. The predicted molar refractivity (Wildman–Crippen MR) is 128 cm³/mol. The molecule has 9 heteroatoms. The van der Waals surface area contributed by atoms with E-state index in [2.05, 4.69) is 15.2 Å². The van der Waals surface area contributed by atoms with Crippen molar-refractivity contribution in [1.82, 2.24) is 15.3 Å². The lowest BCUT2D eigenvalue weighted by atomic mass is 9.93. The van der Waals surface area contributed by atoms with Gasteiger partial charge >= 0.3 is 6.09 Å². The lowest BCUT2D eigenvalue weighted by molar-refractivity contribution is 0.1000. The number of pyridine rings is 1. The summed E-state index contributed by atoms with van der Waals surface area (Å²) in [6, 6.07) is 13.2. The van der Waals surface area contributed by atoms with Crippen molar-refractivity contribution in [2.24, 2.45) is 11.7 Å². The number of alkyl carbamates (subject to hydrolysis) is 1. The number of rotatable bonds is 8. The zero-order valence-corrected chi connectivity index (χ0v) is 19.1. The molecule has 1 saturated heterocycles. The second-order valence-corrected chi connectivity index (χ2v) is 8.74. The molecule has 0 unspecified atom stereocenters. The molecule has 0 aliphatic carbocycles. The van der Waals surface area contributed by atoms with E-state index < -0.39 is 12.0 Å². The van der Waals surface area contributed by atoms with E-state index in [1.807, 2.05) is 35.7 Å². The highest BCUT2D eigenvalue weighted by molar-refractivity contribution is 7.07. The molecule has 4 rings (SSSR count). The number of carbonyl (C=O) groups is 2. The number of aromatic nitrogens is 2. The van der Waals surface area contributed by atoms with Gasteiger partial charge in [-0.2, -0.15) is 0 Å². The van der Waals surface area contributed by atoms with Gasteiger partial charge in [-0.25, -0.2) is 14.8 Å². The Balaban J connectivity index is 1.22. The maximum absolute atomic E-state index is 11.8. The van der Waals surface area contributed by atoms with Crippen LogP contribution in [0.3, 0.4) is 0 Å². The fourth-order valence-corrected chi connectivity index (χ4v) is 4.44. The van der Waals surface area contributed by atoms with Crippen molar-refractivity contribution in [3.05, 3.63) is 64.6 Å². The third-order valence-electron chi connectivity index (χ3n) is 5.79. The number of nitrogens with two attached hydrogens (primary N) is 1. The number of nitrogens with zero attached hydrogens (tertiary/aromatic N) is 3. The van der Waals surface area contributed by atoms with Gasteiger partial charge in [0.15, 0.2) is 0 Å². The van der Waals surface area contributed by atoms with E-state index in [1.165, 1.54) is 11.3 Å². The maximum atomic E-state index is 11.8. The van der Waals surface area contributed by atoms with Crippen LogP contribution in [0, 0.1) is 5.92 Å². The van der Waals surface area contributed by atoms with Crippen LogP contribution in [0.2, 0.25) is 0 Å². The van der Waals surface area contributed by atoms with E-state index in [-0.39, 0.29) is 6.61 Å². The van der Waals surface area contributed by atoms with Crippen molar-refractivity contribution in [2.45, 2.75) is 25.9 Å². The van der Waals surface area contributed by atoms with Gasteiger partial charge in [0.05, 0.1) is 16.9 Å². The Morgan fingerprint density at radius 1 is 1.15 bits per heavy atom. The summed E-state index contributed by atoms with van der Waals surface area (Å²) in [5.41, 5.74) is 10.1. The first kappa shape index (κ1) is 22.7. The number of hydrogen-bond acceptors (Lipinski definition) is 7. The van der Waals surface area contributed by atoms with Crippen LogP contribution in [-0.4, -0.2) is 41.6 Å². The number of amides is 2. The van der Waals surface area contributed by atoms with Gasteiger partial charge < -0.3 is 20.7 Å². The fraction of sp³-hybridized carbons (Fsp3) is 0.333. The van der Waals surface area contributed by atoms with Crippen LogP contribution < -0.4 is 16.0 Å². The highest BCUT2D eigenvalue weighted by atomic mass is 32.1. The summed E-state index contributed by atoms with van der Waals surface area (Å²) in [4.78, 5) is 34.3. The summed E-state index contributed by atoms with van der Waals surface area (Å²) in [6.07, 6.45) is 2.63. The molecular formula is C24H27N5O3S. The average Bonchev–Trinajstić information content (AvgIpc) is 3.37. The number of benzene rings is 1. The molecule has 3 aromatic rings. The Bertz CT molecular complexity index is 1060. The first-order valence-corrected chi connectivity index (χ1v) is 11.9. The molecule has 0 atom stereocenters. The van der Waals surface area contributed by atoms with Crippen molar-refractivity contribution in [3.8, 4) is 11.3 Å². The number of primary amides is 1. The van der Waals surface area contributed by atoms with Crippen molar-refractivity contribution in [2.75, 3.05) is 24.5 Å². The van der Waals surface area contributed by atoms with Gasteiger partial charge in [0, 0.05) is 36.1 Å². The minimum Gasteiger partial charge on any atom is -0.443 e. The Hall–Kier alpha value is -3.46. The van der Waals surface area contributed by atoms with E-state index in [4.69, 9.17) is 15.5 Å². The largest absolute Gasteiger partial charge is 0.443 e. The number of thiazole rings is 1. The Morgan fingerprint density at radius 3 is 2.64 bits per heavy atom. The minimum absolute atomic E-state index is 0.203. The smallest absolute Gasteiger partial charge is 0.407 e. The Kier molecular flexibility index (Phi) is 7.51. The molecule has 1 aliphatic rings. The molecule has 3 heterocycles. The van der Waals surface area contributed by atoms with Gasteiger partial charge in [-0.1, -0.05) is 18.2 Å². The van der Waals surface area contributed by atoms with Gasteiger partial charge in [-0.3, -0.25) is 4.79 Å². The molecule has 1 fully saturated rings. The number of carbonyl (C=O) groups excluding carboxylic acids is 2. The van der Waals surface area contributed by atoms with Crippen molar-refractivity contribution >= 4 is 29.2 Å². The second kappa shape index (κ2) is 10.9. The number of ether oxygens (including phenoxy) is 1. The number of anilines is 1. The SMILES string of the molecule is NC(=O)c1ccc(-c2cccc(N3CCC(CCNC(=O)OCc4cscn4)CC3)n2)cc1. The third kappa shape index (κ3) is 6.29. The van der Waals surface area contributed by atoms with E-state index in [9.17, 15) is 9.59 Å². The van der Waals surface area contributed by atoms with Crippen LogP contribution in [0.25, 0.3) is 11.3 Å². The van der Waals surface area contributed by atoms with Crippen molar-refractivity contribution in [1.29, 1.82) is 0 Å².